The molecule has 0 saturated carbocycles. The summed E-state index contributed by atoms with van der Waals surface area (Å²) in [5.41, 5.74) is 5.54. The quantitative estimate of drug-likeness (QED) is 0.555. The smallest absolute Gasteiger partial charge is 0.180 e. The van der Waals surface area contributed by atoms with Crippen LogP contribution in [-0.4, -0.2) is 19.0 Å². The number of amidine groups is 1. The van der Waals surface area contributed by atoms with Gasteiger partial charge in [-0.3, -0.25) is 5.41 Å². The zero-order chi connectivity index (χ0) is 13.0. The van der Waals surface area contributed by atoms with Crippen LogP contribution in [0.2, 0.25) is 0 Å². The number of halogens is 1. The second-order valence-corrected chi connectivity index (χ2v) is 3.73. The minimum absolute atomic E-state index is 0.396. The van der Waals surface area contributed by atoms with Gasteiger partial charge in [0, 0.05) is 24.4 Å². The van der Waals surface area contributed by atoms with E-state index in [1.54, 1.807) is 18.2 Å². The molecule has 0 unspecified atom stereocenters. The zero-order valence-corrected chi connectivity index (χ0v) is 9.70. The van der Waals surface area contributed by atoms with Gasteiger partial charge in [0.1, 0.15) is 0 Å². The monoisotopic (exact) mass is 251 g/mol. The molecule has 0 amide bonds. The molecule has 4 N–H and O–H groups in total. The van der Waals surface area contributed by atoms with Crippen molar-refractivity contribution in [3.63, 3.8) is 0 Å². The lowest BCUT2D eigenvalue weighted by Gasteiger charge is -2.10. The SMILES string of the molecule is N=C(Nc1ccc2c(c1)OCCCO2)/C(F)=C\N. The number of nitrogens with one attached hydrogen (secondary N) is 2. The topological polar surface area (TPSA) is 80.4 Å². The number of nitrogens with two attached hydrogens (primary N) is 1. The van der Waals surface area contributed by atoms with Crippen LogP contribution in [0.4, 0.5) is 10.1 Å². The fraction of sp³-hybridized carbons (Fsp3) is 0.250. The highest BCUT2D eigenvalue weighted by Gasteiger charge is 2.11. The minimum atomic E-state index is -0.817. The highest BCUT2D eigenvalue weighted by atomic mass is 19.1. The van der Waals surface area contributed by atoms with Crippen LogP contribution in [0.15, 0.2) is 30.2 Å². The molecule has 1 aromatic carbocycles. The van der Waals surface area contributed by atoms with Crippen LogP contribution in [0.25, 0.3) is 0 Å². The van der Waals surface area contributed by atoms with Gasteiger partial charge in [0.15, 0.2) is 23.2 Å². The van der Waals surface area contributed by atoms with E-state index >= 15 is 0 Å². The predicted molar refractivity (Wildman–Crippen MR) is 66.8 cm³/mol. The number of benzene rings is 1. The van der Waals surface area contributed by atoms with Crippen molar-refractivity contribution in [1.82, 2.24) is 0 Å². The van der Waals surface area contributed by atoms with Gasteiger partial charge in [0.25, 0.3) is 0 Å². The summed E-state index contributed by atoms with van der Waals surface area (Å²) in [6.45, 7) is 1.19. The summed E-state index contributed by atoms with van der Waals surface area (Å²) in [4.78, 5) is 0. The highest BCUT2D eigenvalue weighted by Crippen LogP contribution is 2.32. The molecule has 0 saturated heterocycles. The van der Waals surface area contributed by atoms with Crippen LogP contribution < -0.4 is 20.5 Å². The fourth-order valence-corrected chi connectivity index (χ4v) is 1.53. The second-order valence-electron chi connectivity index (χ2n) is 3.73. The second kappa shape index (κ2) is 5.39. The van der Waals surface area contributed by atoms with E-state index in [9.17, 15) is 4.39 Å². The normalized spacial score (nSPS) is 14.8. The molecule has 1 aliphatic heterocycles. The van der Waals surface area contributed by atoms with E-state index < -0.39 is 11.7 Å². The van der Waals surface area contributed by atoms with E-state index in [2.05, 4.69) is 5.32 Å². The van der Waals surface area contributed by atoms with Crippen molar-refractivity contribution in [2.24, 2.45) is 5.73 Å². The Kier molecular flexibility index (Phi) is 3.66. The molecule has 0 spiro atoms. The molecular weight excluding hydrogens is 237 g/mol. The summed E-state index contributed by atoms with van der Waals surface area (Å²) in [6.07, 6.45) is 1.55. The summed E-state index contributed by atoms with van der Waals surface area (Å²) in [7, 11) is 0. The summed E-state index contributed by atoms with van der Waals surface area (Å²) in [5.74, 6) is 0.0240. The number of ether oxygens (including phenoxy) is 2. The number of anilines is 1. The van der Waals surface area contributed by atoms with Crippen LogP contribution in [0, 0.1) is 5.41 Å². The first-order valence-corrected chi connectivity index (χ1v) is 5.53. The summed E-state index contributed by atoms with van der Waals surface area (Å²) < 4.78 is 24.0. The third-order valence-electron chi connectivity index (χ3n) is 2.40. The molecule has 0 atom stereocenters. The Bertz CT molecular complexity index is 488. The predicted octanol–water partition coefficient (Wildman–Crippen LogP) is 2.01. The van der Waals surface area contributed by atoms with Crippen molar-refractivity contribution in [1.29, 1.82) is 5.41 Å². The van der Waals surface area contributed by atoms with Crippen molar-refractivity contribution in [2.45, 2.75) is 6.42 Å². The highest BCUT2D eigenvalue weighted by molar-refractivity contribution is 6.04. The number of rotatable bonds is 2. The Morgan fingerprint density at radius 2 is 2.06 bits per heavy atom. The first-order chi connectivity index (χ1) is 8.70. The van der Waals surface area contributed by atoms with E-state index in [0.717, 1.165) is 12.6 Å². The van der Waals surface area contributed by atoms with Crippen LogP contribution in [-0.2, 0) is 0 Å². The number of fused-ring (bicyclic) bond motifs is 1. The van der Waals surface area contributed by atoms with Gasteiger partial charge in [-0.25, -0.2) is 4.39 Å². The van der Waals surface area contributed by atoms with Crippen LogP contribution in [0.5, 0.6) is 11.5 Å². The van der Waals surface area contributed by atoms with Crippen LogP contribution in [0.1, 0.15) is 6.42 Å². The third-order valence-corrected chi connectivity index (χ3v) is 2.40. The van der Waals surface area contributed by atoms with Crippen molar-refractivity contribution in [3.05, 3.63) is 30.2 Å². The lowest BCUT2D eigenvalue weighted by Crippen LogP contribution is -2.12. The molecule has 96 valence electrons. The summed E-state index contributed by atoms with van der Waals surface area (Å²) in [6, 6.07) is 5.07. The largest absolute Gasteiger partial charge is 0.490 e. The van der Waals surface area contributed by atoms with Crippen molar-refractivity contribution < 1.29 is 13.9 Å². The van der Waals surface area contributed by atoms with Gasteiger partial charge < -0.3 is 20.5 Å². The fourth-order valence-electron chi connectivity index (χ4n) is 1.53. The van der Waals surface area contributed by atoms with E-state index in [1.807, 2.05) is 0 Å². The van der Waals surface area contributed by atoms with Gasteiger partial charge in [0.05, 0.1) is 13.2 Å². The third kappa shape index (κ3) is 2.71. The van der Waals surface area contributed by atoms with E-state index in [-0.39, 0.29) is 0 Å². The molecule has 1 heterocycles. The average Bonchev–Trinajstić information content (AvgIpc) is 2.62. The van der Waals surface area contributed by atoms with Gasteiger partial charge in [0.2, 0.25) is 0 Å². The summed E-state index contributed by atoms with van der Waals surface area (Å²) in [5, 5.41) is 10.00. The zero-order valence-electron chi connectivity index (χ0n) is 9.70. The van der Waals surface area contributed by atoms with Crippen LogP contribution in [0.3, 0.4) is 0 Å². The maximum atomic E-state index is 13.0. The van der Waals surface area contributed by atoms with Crippen LogP contribution >= 0.6 is 0 Å². The Balaban J connectivity index is 2.16. The van der Waals surface area contributed by atoms with Crippen molar-refractivity contribution in [2.75, 3.05) is 18.5 Å². The molecule has 0 bridgehead atoms. The van der Waals surface area contributed by atoms with Gasteiger partial charge in [-0.2, -0.15) is 0 Å². The molecule has 0 fully saturated rings. The standard InChI is InChI=1S/C12H14FN3O2/c13-9(7-14)12(15)16-8-2-3-10-11(6-8)18-5-1-4-17-10/h2-3,6-7H,1,4-5,14H2,(H2,15,16)/b9-7+. The Hall–Kier alpha value is -2.24. The average molecular weight is 251 g/mol. The van der Waals surface area contributed by atoms with E-state index in [4.69, 9.17) is 20.6 Å². The maximum Gasteiger partial charge on any atom is 0.180 e. The van der Waals surface area contributed by atoms with Gasteiger partial charge >= 0.3 is 0 Å². The minimum Gasteiger partial charge on any atom is -0.490 e. The van der Waals surface area contributed by atoms with Gasteiger partial charge in [-0.05, 0) is 12.1 Å². The molecule has 6 heteroatoms. The lowest BCUT2D eigenvalue weighted by molar-refractivity contribution is 0.297. The molecule has 0 aromatic heterocycles. The molecule has 1 aliphatic rings. The Morgan fingerprint density at radius 1 is 1.33 bits per heavy atom. The Morgan fingerprint density at radius 3 is 2.78 bits per heavy atom. The molecule has 1 aromatic rings. The number of hydrogen-bond donors (Lipinski definition) is 3. The van der Waals surface area contributed by atoms with Crippen molar-refractivity contribution >= 4 is 11.5 Å². The first kappa shape index (κ1) is 12.2. The first-order valence-electron chi connectivity index (χ1n) is 5.53. The van der Waals surface area contributed by atoms with E-state index in [0.29, 0.717) is 30.4 Å². The van der Waals surface area contributed by atoms with E-state index in [1.165, 1.54) is 0 Å². The molecule has 0 aliphatic carbocycles. The Labute approximate surface area is 104 Å². The number of hydrogen-bond acceptors (Lipinski definition) is 4. The van der Waals surface area contributed by atoms with Gasteiger partial charge in [-0.1, -0.05) is 0 Å². The molecule has 5 nitrogen and oxygen atoms in total. The summed E-state index contributed by atoms with van der Waals surface area (Å²) >= 11 is 0. The lowest BCUT2D eigenvalue weighted by atomic mass is 10.2. The maximum absolute atomic E-state index is 13.0. The molecule has 0 radical (unpaired) electrons. The van der Waals surface area contributed by atoms with Crippen molar-refractivity contribution in [3.8, 4) is 11.5 Å². The molecular formula is C12H14FN3O2. The molecule has 18 heavy (non-hydrogen) atoms. The van der Waals surface area contributed by atoms with Gasteiger partial charge in [-0.15, -0.1) is 0 Å². The molecule has 2 rings (SSSR count).